The maximum absolute atomic E-state index is 11.5. The molecule has 6 heteroatoms. The smallest absolute Gasteiger partial charge is 0.356 e. The highest BCUT2D eigenvalue weighted by Gasteiger charge is 2.12. The number of hydrogen-bond acceptors (Lipinski definition) is 4. The van der Waals surface area contributed by atoms with E-state index in [1.54, 1.807) is 20.1 Å². The summed E-state index contributed by atoms with van der Waals surface area (Å²) in [7, 11) is 1.60. The molecule has 0 radical (unpaired) electrons. The molecule has 19 heavy (non-hydrogen) atoms. The monoisotopic (exact) mass is 324 g/mol. The minimum absolute atomic E-state index is 0.335. The lowest BCUT2D eigenvalue weighted by molar-refractivity contribution is 0.0519. The molecular weight excluding hydrogens is 312 g/mol. The summed E-state index contributed by atoms with van der Waals surface area (Å²) in [6.07, 6.45) is 0. The second kappa shape index (κ2) is 5.88. The molecule has 1 heterocycles. The number of nitrogens with one attached hydrogen (secondary N) is 1. The van der Waals surface area contributed by atoms with Crippen LogP contribution in [0.25, 0.3) is 11.3 Å². The van der Waals surface area contributed by atoms with Gasteiger partial charge in [0.05, 0.1) is 23.9 Å². The molecule has 100 valence electrons. The quantitative estimate of drug-likeness (QED) is 0.878. The zero-order chi connectivity index (χ0) is 13.8. The summed E-state index contributed by atoms with van der Waals surface area (Å²) in [5, 5.41) is 6.76. The second-order valence-electron chi connectivity index (χ2n) is 3.74. The summed E-state index contributed by atoms with van der Waals surface area (Å²) in [6, 6.07) is 7.24. The molecule has 0 saturated heterocycles. The molecule has 0 unspecified atom stereocenters. The lowest BCUT2D eigenvalue weighted by Gasteiger charge is -2.04. The number of methoxy groups -OCH3 is 1. The Hall–Kier alpha value is -1.82. The van der Waals surface area contributed by atoms with Gasteiger partial charge in [-0.15, -0.1) is 0 Å². The van der Waals surface area contributed by atoms with Crippen LogP contribution in [0.2, 0.25) is 0 Å². The van der Waals surface area contributed by atoms with Crippen LogP contribution in [0.5, 0.6) is 5.75 Å². The molecule has 0 aliphatic heterocycles. The zero-order valence-electron chi connectivity index (χ0n) is 10.6. The first-order valence-corrected chi connectivity index (χ1v) is 6.51. The van der Waals surface area contributed by atoms with Gasteiger partial charge < -0.3 is 9.47 Å². The molecule has 2 rings (SSSR count). The molecule has 0 aliphatic carbocycles. The molecule has 0 atom stereocenters. The van der Waals surface area contributed by atoms with Crippen LogP contribution >= 0.6 is 15.9 Å². The standard InChI is InChI=1S/C13H13BrN2O3/c1-3-19-13(17)11-7-10(15-16-11)8-4-5-12(18-2)9(14)6-8/h4-7H,3H2,1-2H3,(H,15,16). The average molecular weight is 325 g/mol. The van der Waals surface area contributed by atoms with Gasteiger partial charge in [-0.2, -0.15) is 5.10 Å². The minimum Gasteiger partial charge on any atom is -0.496 e. The number of nitrogens with zero attached hydrogens (tertiary/aromatic N) is 1. The molecule has 0 saturated carbocycles. The normalized spacial score (nSPS) is 10.3. The third kappa shape index (κ3) is 2.96. The SMILES string of the molecule is CCOC(=O)c1cc(-c2ccc(OC)c(Br)c2)n[nH]1. The summed E-state index contributed by atoms with van der Waals surface area (Å²) in [4.78, 5) is 11.5. The van der Waals surface area contributed by atoms with E-state index in [4.69, 9.17) is 9.47 Å². The first-order valence-electron chi connectivity index (χ1n) is 5.72. The Morgan fingerprint density at radius 3 is 2.84 bits per heavy atom. The number of aromatic amines is 1. The molecule has 0 spiro atoms. The Morgan fingerprint density at radius 2 is 2.21 bits per heavy atom. The first kappa shape index (κ1) is 13.6. The number of hydrogen-bond donors (Lipinski definition) is 1. The van der Waals surface area contributed by atoms with Crippen LogP contribution < -0.4 is 4.74 Å². The molecule has 0 aliphatic rings. The van der Waals surface area contributed by atoms with Crippen molar-refractivity contribution in [3.05, 3.63) is 34.4 Å². The molecule has 1 aromatic heterocycles. The number of aromatic nitrogens is 2. The maximum Gasteiger partial charge on any atom is 0.356 e. The van der Waals surface area contributed by atoms with Crippen molar-refractivity contribution in [2.45, 2.75) is 6.92 Å². The van der Waals surface area contributed by atoms with Crippen molar-refractivity contribution >= 4 is 21.9 Å². The van der Waals surface area contributed by atoms with Crippen LogP contribution in [-0.4, -0.2) is 29.9 Å². The third-order valence-corrected chi connectivity index (χ3v) is 3.14. The lowest BCUT2D eigenvalue weighted by Crippen LogP contribution is -2.04. The van der Waals surface area contributed by atoms with E-state index >= 15 is 0 Å². The number of ether oxygens (including phenoxy) is 2. The van der Waals surface area contributed by atoms with Crippen LogP contribution in [0, 0.1) is 0 Å². The average Bonchev–Trinajstić information content (AvgIpc) is 2.88. The van der Waals surface area contributed by atoms with Gasteiger partial charge >= 0.3 is 5.97 Å². The number of carbonyl (C=O) groups is 1. The lowest BCUT2D eigenvalue weighted by atomic mass is 10.1. The third-order valence-electron chi connectivity index (χ3n) is 2.52. The fraction of sp³-hybridized carbons (Fsp3) is 0.231. The largest absolute Gasteiger partial charge is 0.496 e. The van der Waals surface area contributed by atoms with Crippen molar-refractivity contribution in [1.29, 1.82) is 0 Å². The predicted molar refractivity (Wildman–Crippen MR) is 74.2 cm³/mol. The van der Waals surface area contributed by atoms with Crippen molar-refractivity contribution in [3.8, 4) is 17.0 Å². The van der Waals surface area contributed by atoms with Gasteiger partial charge in [-0.25, -0.2) is 4.79 Å². The summed E-state index contributed by atoms with van der Waals surface area (Å²) in [5.74, 6) is 0.332. The van der Waals surface area contributed by atoms with Gasteiger partial charge in [0, 0.05) is 5.56 Å². The van der Waals surface area contributed by atoms with Gasteiger partial charge in [0.2, 0.25) is 0 Å². The Morgan fingerprint density at radius 1 is 1.42 bits per heavy atom. The van der Waals surface area contributed by atoms with Gasteiger partial charge in [0.15, 0.2) is 0 Å². The minimum atomic E-state index is -0.408. The number of halogens is 1. The summed E-state index contributed by atoms with van der Waals surface area (Å²) < 4.78 is 10.9. The van der Waals surface area contributed by atoms with Gasteiger partial charge in [0.1, 0.15) is 11.4 Å². The van der Waals surface area contributed by atoms with E-state index in [0.717, 1.165) is 15.8 Å². The van der Waals surface area contributed by atoms with E-state index in [1.165, 1.54) is 0 Å². The molecule has 0 bridgehead atoms. The predicted octanol–water partition coefficient (Wildman–Crippen LogP) is 3.02. The van der Waals surface area contributed by atoms with Crippen LogP contribution in [0.1, 0.15) is 17.4 Å². The maximum atomic E-state index is 11.5. The van der Waals surface area contributed by atoms with E-state index in [1.807, 2.05) is 18.2 Å². The number of H-pyrrole nitrogens is 1. The highest BCUT2D eigenvalue weighted by Crippen LogP contribution is 2.29. The van der Waals surface area contributed by atoms with Crippen LogP contribution in [0.4, 0.5) is 0 Å². The number of rotatable bonds is 4. The molecule has 1 N–H and O–H groups in total. The Balaban J connectivity index is 2.27. The summed E-state index contributed by atoms with van der Waals surface area (Å²) >= 11 is 3.41. The van der Waals surface area contributed by atoms with Crippen LogP contribution in [0.15, 0.2) is 28.7 Å². The first-order chi connectivity index (χ1) is 9.15. The fourth-order valence-corrected chi connectivity index (χ4v) is 2.15. The van der Waals surface area contributed by atoms with Crippen LogP contribution in [0.3, 0.4) is 0 Å². The zero-order valence-corrected chi connectivity index (χ0v) is 12.2. The highest BCUT2D eigenvalue weighted by atomic mass is 79.9. The van der Waals surface area contributed by atoms with Gasteiger partial charge in [-0.3, -0.25) is 5.10 Å². The van der Waals surface area contributed by atoms with Crippen LogP contribution in [-0.2, 0) is 4.74 Å². The van der Waals surface area contributed by atoms with Crippen molar-refractivity contribution in [1.82, 2.24) is 10.2 Å². The fourth-order valence-electron chi connectivity index (χ4n) is 1.61. The van der Waals surface area contributed by atoms with E-state index in [2.05, 4.69) is 26.1 Å². The number of esters is 1. The molecule has 5 nitrogen and oxygen atoms in total. The highest BCUT2D eigenvalue weighted by molar-refractivity contribution is 9.10. The molecular formula is C13H13BrN2O3. The van der Waals surface area contributed by atoms with Crippen molar-refractivity contribution in [2.24, 2.45) is 0 Å². The van der Waals surface area contributed by atoms with Gasteiger partial charge in [-0.05, 0) is 47.1 Å². The summed E-state index contributed by atoms with van der Waals surface area (Å²) in [5.41, 5.74) is 1.88. The topological polar surface area (TPSA) is 64.2 Å². The van der Waals surface area contributed by atoms with E-state index < -0.39 is 5.97 Å². The van der Waals surface area contributed by atoms with E-state index in [9.17, 15) is 4.79 Å². The van der Waals surface area contributed by atoms with E-state index in [0.29, 0.717) is 18.0 Å². The Labute approximate surface area is 119 Å². The number of carbonyl (C=O) groups excluding carboxylic acids is 1. The van der Waals surface area contributed by atoms with Gasteiger partial charge in [0.25, 0.3) is 0 Å². The van der Waals surface area contributed by atoms with Gasteiger partial charge in [-0.1, -0.05) is 0 Å². The van der Waals surface area contributed by atoms with Crippen molar-refractivity contribution < 1.29 is 14.3 Å². The summed E-state index contributed by atoms with van der Waals surface area (Å²) in [6.45, 7) is 2.09. The second-order valence-corrected chi connectivity index (χ2v) is 4.59. The number of benzene rings is 1. The molecule has 0 amide bonds. The van der Waals surface area contributed by atoms with Crippen molar-refractivity contribution in [2.75, 3.05) is 13.7 Å². The molecule has 2 aromatic rings. The Bertz CT molecular complexity index is 595. The molecule has 1 aromatic carbocycles. The van der Waals surface area contributed by atoms with Crippen molar-refractivity contribution in [3.63, 3.8) is 0 Å². The molecule has 0 fully saturated rings. The Kier molecular flexibility index (Phi) is 4.21. The van der Waals surface area contributed by atoms with E-state index in [-0.39, 0.29) is 0 Å².